The van der Waals surface area contributed by atoms with Crippen molar-refractivity contribution in [2.24, 2.45) is 12.0 Å². The van der Waals surface area contributed by atoms with E-state index in [1.54, 1.807) is 0 Å². The van der Waals surface area contributed by atoms with Gasteiger partial charge >= 0.3 is 0 Å². The van der Waals surface area contributed by atoms with Crippen LogP contribution >= 0.6 is 0 Å². The van der Waals surface area contributed by atoms with Crippen molar-refractivity contribution in [2.45, 2.75) is 64.3 Å². The summed E-state index contributed by atoms with van der Waals surface area (Å²) in [6.45, 7) is 6.80. The summed E-state index contributed by atoms with van der Waals surface area (Å²) in [4.78, 5) is 4.71. The molecule has 2 aliphatic rings. The van der Waals surface area contributed by atoms with Gasteiger partial charge in [-0.15, -0.1) is 10.2 Å². The highest BCUT2D eigenvalue weighted by molar-refractivity contribution is 5.80. The van der Waals surface area contributed by atoms with E-state index in [-0.39, 0.29) is 0 Å². The number of rotatable bonds is 8. The molecule has 2 saturated heterocycles. The van der Waals surface area contributed by atoms with Crippen molar-refractivity contribution >= 4 is 5.96 Å². The van der Waals surface area contributed by atoms with Crippen LogP contribution in [0, 0.1) is 6.92 Å². The van der Waals surface area contributed by atoms with E-state index in [0.717, 1.165) is 56.6 Å². The Morgan fingerprint density at radius 3 is 2.92 bits per heavy atom. The molecule has 0 spiro atoms. The lowest BCUT2D eigenvalue weighted by molar-refractivity contribution is 0.0992. The number of guanidine groups is 1. The Morgan fingerprint density at radius 1 is 1.40 bits per heavy atom. The molecule has 1 aromatic heterocycles. The van der Waals surface area contributed by atoms with Gasteiger partial charge in [0.1, 0.15) is 12.4 Å². The number of aromatic nitrogens is 3. The normalized spacial score (nSPS) is 25.6. The number of aliphatic imine (C=N–C) groups is 1. The molecule has 2 bridgehead atoms. The Bertz CT molecular complexity index is 588. The van der Waals surface area contributed by atoms with E-state index in [9.17, 15) is 0 Å². The minimum atomic E-state index is 0.317. The molecule has 3 heterocycles. The lowest BCUT2D eigenvalue weighted by Crippen LogP contribution is -2.47. The molecular weight excluding hydrogens is 320 g/mol. The summed E-state index contributed by atoms with van der Waals surface area (Å²) in [5.41, 5.74) is 0. The van der Waals surface area contributed by atoms with E-state index >= 15 is 0 Å². The molecule has 8 nitrogen and oxygen atoms in total. The van der Waals surface area contributed by atoms with Gasteiger partial charge in [-0.05, 0) is 39.5 Å². The summed E-state index contributed by atoms with van der Waals surface area (Å²) in [5.74, 6) is 2.57. The second kappa shape index (κ2) is 8.62. The minimum absolute atomic E-state index is 0.317. The summed E-state index contributed by atoms with van der Waals surface area (Å²) in [7, 11) is 1.96. The first kappa shape index (κ1) is 18.1. The molecule has 25 heavy (non-hydrogen) atoms. The summed E-state index contributed by atoms with van der Waals surface area (Å²) in [5, 5.41) is 15.2. The van der Waals surface area contributed by atoms with Gasteiger partial charge in [0, 0.05) is 26.8 Å². The van der Waals surface area contributed by atoms with Crippen LogP contribution in [0.2, 0.25) is 0 Å². The van der Waals surface area contributed by atoms with Gasteiger partial charge in [0.2, 0.25) is 0 Å². The largest absolute Gasteiger partial charge is 0.382 e. The highest BCUT2D eigenvalue weighted by atomic mass is 16.5. The van der Waals surface area contributed by atoms with E-state index in [0.29, 0.717) is 24.8 Å². The van der Waals surface area contributed by atoms with E-state index < -0.39 is 0 Å². The average Bonchev–Trinajstić information content (AvgIpc) is 3.30. The van der Waals surface area contributed by atoms with Crippen molar-refractivity contribution in [3.63, 3.8) is 0 Å². The van der Waals surface area contributed by atoms with E-state index in [1.165, 1.54) is 6.42 Å². The molecule has 3 rings (SSSR count). The highest BCUT2D eigenvalue weighted by Crippen LogP contribution is 2.34. The minimum Gasteiger partial charge on any atom is -0.382 e. The van der Waals surface area contributed by atoms with Crippen LogP contribution < -0.4 is 10.6 Å². The van der Waals surface area contributed by atoms with Crippen molar-refractivity contribution in [3.8, 4) is 0 Å². The molecule has 8 heteroatoms. The van der Waals surface area contributed by atoms with Crippen LogP contribution in [0.3, 0.4) is 0 Å². The van der Waals surface area contributed by atoms with Gasteiger partial charge in [0.15, 0.2) is 11.8 Å². The number of fused-ring (bicyclic) bond motifs is 2. The lowest BCUT2D eigenvalue weighted by Gasteiger charge is -2.23. The van der Waals surface area contributed by atoms with Crippen LogP contribution in [0.4, 0.5) is 0 Å². The Hall–Kier alpha value is -1.67. The number of ether oxygens (including phenoxy) is 2. The first-order valence-electron chi connectivity index (χ1n) is 9.30. The van der Waals surface area contributed by atoms with Gasteiger partial charge < -0.3 is 24.7 Å². The number of hydrogen-bond donors (Lipinski definition) is 2. The summed E-state index contributed by atoms with van der Waals surface area (Å²) in [6, 6.07) is 0.345. The van der Waals surface area contributed by atoms with Gasteiger partial charge in [-0.1, -0.05) is 0 Å². The lowest BCUT2D eigenvalue weighted by atomic mass is 9.96. The summed E-state index contributed by atoms with van der Waals surface area (Å²) < 4.78 is 13.3. The predicted octanol–water partition coefficient (Wildman–Crippen LogP) is 0.905. The maximum atomic E-state index is 5.94. The first-order valence-corrected chi connectivity index (χ1v) is 9.30. The number of aryl methyl sites for hydroxylation is 1. The van der Waals surface area contributed by atoms with Crippen molar-refractivity contribution < 1.29 is 9.47 Å². The van der Waals surface area contributed by atoms with Crippen molar-refractivity contribution in [1.29, 1.82) is 0 Å². The third-order valence-electron chi connectivity index (χ3n) is 4.95. The fourth-order valence-corrected chi connectivity index (χ4v) is 3.38. The fourth-order valence-electron chi connectivity index (χ4n) is 3.38. The van der Waals surface area contributed by atoms with Gasteiger partial charge in [0.05, 0.1) is 18.2 Å². The fraction of sp³-hybridized carbons (Fsp3) is 0.824. The molecular formula is C17H30N6O2. The first-order chi connectivity index (χ1) is 12.2. The van der Waals surface area contributed by atoms with E-state index in [1.807, 2.05) is 25.5 Å². The molecule has 0 aromatic carbocycles. The second-order valence-corrected chi connectivity index (χ2v) is 6.72. The Labute approximate surface area is 149 Å². The molecule has 3 unspecified atom stereocenters. The molecule has 0 radical (unpaired) electrons. The zero-order chi connectivity index (χ0) is 17.6. The maximum Gasteiger partial charge on any atom is 0.192 e. The Balaban J connectivity index is 1.57. The standard InChI is InChI=1S/C17H30N6O2/c1-4-24-9-5-8-18-17(19-11-16-22-21-12(2)23(16)3)20-14-10-13-6-7-15(14)25-13/h13-15H,4-11H2,1-3H3,(H2,18,19,20). The van der Waals surface area contributed by atoms with Crippen LogP contribution in [0.25, 0.3) is 0 Å². The van der Waals surface area contributed by atoms with Gasteiger partial charge in [-0.25, -0.2) is 4.99 Å². The molecule has 0 aliphatic carbocycles. The van der Waals surface area contributed by atoms with Crippen LogP contribution in [0.1, 0.15) is 44.3 Å². The molecule has 1 aromatic rings. The number of nitrogens with one attached hydrogen (secondary N) is 2. The molecule has 3 atom stereocenters. The molecule has 0 amide bonds. The third-order valence-corrected chi connectivity index (χ3v) is 4.95. The quantitative estimate of drug-likeness (QED) is 0.412. The smallest absolute Gasteiger partial charge is 0.192 e. The van der Waals surface area contributed by atoms with Crippen LogP contribution in [-0.4, -0.2) is 58.7 Å². The molecule has 140 valence electrons. The van der Waals surface area contributed by atoms with Gasteiger partial charge in [0.25, 0.3) is 0 Å². The Kier molecular flexibility index (Phi) is 6.25. The highest BCUT2D eigenvalue weighted by Gasteiger charge is 2.41. The van der Waals surface area contributed by atoms with Crippen LogP contribution in [0.15, 0.2) is 4.99 Å². The number of nitrogens with zero attached hydrogens (tertiary/aromatic N) is 4. The monoisotopic (exact) mass is 350 g/mol. The maximum absolute atomic E-state index is 5.94. The van der Waals surface area contributed by atoms with Crippen molar-refractivity contribution in [3.05, 3.63) is 11.6 Å². The van der Waals surface area contributed by atoms with Crippen molar-refractivity contribution in [1.82, 2.24) is 25.4 Å². The second-order valence-electron chi connectivity index (χ2n) is 6.72. The average molecular weight is 350 g/mol. The molecule has 0 saturated carbocycles. The zero-order valence-corrected chi connectivity index (χ0v) is 15.5. The summed E-state index contributed by atoms with van der Waals surface area (Å²) >= 11 is 0. The van der Waals surface area contributed by atoms with Crippen LogP contribution in [0.5, 0.6) is 0 Å². The van der Waals surface area contributed by atoms with E-state index in [2.05, 4.69) is 20.8 Å². The molecule has 2 fully saturated rings. The Morgan fingerprint density at radius 2 is 2.28 bits per heavy atom. The van der Waals surface area contributed by atoms with Gasteiger partial charge in [-0.2, -0.15) is 0 Å². The van der Waals surface area contributed by atoms with Crippen LogP contribution in [-0.2, 0) is 23.1 Å². The number of hydrogen-bond acceptors (Lipinski definition) is 5. The topological polar surface area (TPSA) is 85.6 Å². The molecule has 2 aliphatic heterocycles. The SMILES string of the molecule is CCOCCCNC(=NCc1nnc(C)n1C)NC1CC2CCC1O2. The zero-order valence-electron chi connectivity index (χ0n) is 15.5. The third kappa shape index (κ3) is 4.70. The van der Waals surface area contributed by atoms with Gasteiger partial charge in [-0.3, -0.25) is 0 Å². The predicted molar refractivity (Wildman–Crippen MR) is 95.4 cm³/mol. The van der Waals surface area contributed by atoms with E-state index in [4.69, 9.17) is 14.5 Å². The summed E-state index contributed by atoms with van der Waals surface area (Å²) in [6.07, 6.45) is 5.08. The molecule has 2 N–H and O–H groups in total. The van der Waals surface area contributed by atoms with Crippen molar-refractivity contribution in [2.75, 3.05) is 19.8 Å².